The third-order valence-electron chi connectivity index (χ3n) is 3.28. The minimum absolute atomic E-state index is 0.142. The van der Waals surface area contributed by atoms with Crippen LogP contribution < -0.4 is 16.0 Å². The molecule has 0 aromatic heterocycles. The van der Waals surface area contributed by atoms with E-state index in [0.717, 1.165) is 6.07 Å². The summed E-state index contributed by atoms with van der Waals surface area (Å²) >= 11 is 14.9. The van der Waals surface area contributed by atoms with E-state index in [2.05, 4.69) is 21.2 Å². The van der Waals surface area contributed by atoms with Crippen LogP contribution in [0.3, 0.4) is 0 Å². The number of hydrogen-bond acceptors (Lipinski definition) is 3. The number of rotatable bonds is 5. The molecule has 9 heteroatoms. The Bertz CT molecular complexity index is 848. The Morgan fingerprint density at radius 2 is 1.92 bits per heavy atom. The van der Waals surface area contributed by atoms with E-state index in [1.807, 2.05) is 0 Å². The monoisotopic (exact) mass is 447 g/mol. The first-order chi connectivity index (χ1) is 11.7. The number of carbonyl (C=O) groups is 2. The highest BCUT2D eigenvalue weighted by Crippen LogP contribution is 2.28. The van der Waals surface area contributed by atoms with Crippen LogP contribution in [0.15, 0.2) is 34.8 Å². The molecule has 0 aliphatic carbocycles. The number of primary amides is 1. The van der Waals surface area contributed by atoms with Gasteiger partial charge in [0.05, 0.1) is 27.8 Å². The number of nitrogens with zero attached hydrogens (tertiary/aromatic N) is 1. The molecule has 3 N–H and O–H groups in total. The lowest BCUT2D eigenvalue weighted by atomic mass is 10.1. The van der Waals surface area contributed by atoms with Gasteiger partial charge >= 0.3 is 0 Å². The maximum atomic E-state index is 14.0. The summed E-state index contributed by atoms with van der Waals surface area (Å²) in [6, 6.07) is 7.30. The lowest BCUT2D eigenvalue weighted by Crippen LogP contribution is -2.32. The Morgan fingerprint density at radius 3 is 2.52 bits per heavy atom. The van der Waals surface area contributed by atoms with E-state index < -0.39 is 17.6 Å². The summed E-state index contributed by atoms with van der Waals surface area (Å²) in [7, 11) is 1.54. The van der Waals surface area contributed by atoms with Crippen LogP contribution in [0.5, 0.6) is 0 Å². The Kier molecular flexibility index (Phi) is 6.26. The molecule has 2 aromatic carbocycles. The number of carbonyl (C=O) groups excluding carboxylic acids is 2. The molecule has 0 unspecified atom stereocenters. The zero-order valence-corrected chi connectivity index (χ0v) is 16.0. The van der Waals surface area contributed by atoms with Gasteiger partial charge in [-0.3, -0.25) is 9.59 Å². The van der Waals surface area contributed by atoms with Gasteiger partial charge in [0, 0.05) is 17.2 Å². The largest absolute Gasteiger partial charge is 0.365 e. The number of amides is 2. The van der Waals surface area contributed by atoms with Crippen molar-refractivity contribution in [3.8, 4) is 0 Å². The van der Waals surface area contributed by atoms with Crippen LogP contribution in [-0.4, -0.2) is 25.4 Å². The van der Waals surface area contributed by atoms with Gasteiger partial charge in [-0.1, -0.05) is 39.1 Å². The fourth-order valence-corrected chi connectivity index (χ4v) is 2.90. The number of halogens is 4. The number of hydrogen-bond donors (Lipinski definition) is 2. The third-order valence-corrected chi connectivity index (χ3v) is 4.47. The summed E-state index contributed by atoms with van der Waals surface area (Å²) in [4.78, 5) is 25.1. The summed E-state index contributed by atoms with van der Waals surface area (Å²) in [5, 5.41) is 3.31. The van der Waals surface area contributed by atoms with Crippen LogP contribution in [0.1, 0.15) is 10.4 Å². The normalized spacial score (nSPS) is 10.4. The zero-order valence-electron chi connectivity index (χ0n) is 12.9. The van der Waals surface area contributed by atoms with Crippen LogP contribution in [0, 0.1) is 5.82 Å². The fourth-order valence-electron chi connectivity index (χ4n) is 2.18. The van der Waals surface area contributed by atoms with E-state index >= 15 is 0 Å². The Hall–Kier alpha value is -1.83. The third kappa shape index (κ3) is 4.84. The van der Waals surface area contributed by atoms with Gasteiger partial charge in [0.2, 0.25) is 5.91 Å². The van der Waals surface area contributed by atoms with Gasteiger partial charge < -0.3 is 16.0 Å². The molecule has 25 heavy (non-hydrogen) atoms. The molecule has 0 atom stereocenters. The summed E-state index contributed by atoms with van der Waals surface area (Å²) in [6.07, 6.45) is 0. The van der Waals surface area contributed by atoms with E-state index in [-0.39, 0.29) is 17.8 Å². The van der Waals surface area contributed by atoms with Gasteiger partial charge in [-0.05, 0) is 30.3 Å². The number of benzene rings is 2. The second-order valence-electron chi connectivity index (χ2n) is 5.18. The Morgan fingerprint density at radius 1 is 1.24 bits per heavy atom. The first kappa shape index (κ1) is 19.5. The van der Waals surface area contributed by atoms with Crippen molar-refractivity contribution in [1.82, 2.24) is 0 Å². The van der Waals surface area contributed by atoms with Crippen LogP contribution in [0.25, 0.3) is 0 Å². The van der Waals surface area contributed by atoms with Crippen molar-refractivity contribution in [1.29, 1.82) is 0 Å². The Balaban J connectivity index is 2.19. The minimum atomic E-state index is -0.920. The van der Waals surface area contributed by atoms with Crippen molar-refractivity contribution in [2.24, 2.45) is 5.73 Å². The molecule has 2 rings (SSSR count). The lowest BCUT2D eigenvalue weighted by Gasteiger charge is -2.21. The second-order valence-corrected chi connectivity index (χ2v) is 6.91. The van der Waals surface area contributed by atoms with E-state index in [1.54, 1.807) is 19.2 Å². The molecular weight excluding hydrogens is 436 g/mol. The highest BCUT2D eigenvalue weighted by atomic mass is 79.9. The predicted octanol–water partition coefficient (Wildman–Crippen LogP) is 4.07. The van der Waals surface area contributed by atoms with E-state index in [9.17, 15) is 14.0 Å². The highest BCUT2D eigenvalue weighted by molar-refractivity contribution is 9.10. The zero-order chi connectivity index (χ0) is 18.7. The summed E-state index contributed by atoms with van der Waals surface area (Å²) in [5.41, 5.74) is 5.61. The molecule has 0 fully saturated rings. The first-order valence-electron chi connectivity index (χ1n) is 6.94. The molecule has 0 saturated heterocycles. The average molecular weight is 449 g/mol. The number of nitrogens with two attached hydrogens (primary N) is 1. The first-order valence-corrected chi connectivity index (χ1v) is 8.49. The average Bonchev–Trinajstić information content (AvgIpc) is 2.49. The van der Waals surface area contributed by atoms with Gasteiger partial charge in [0.15, 0.2) is 0 Å². The molecule has 2 aromatic rings. The van der Waals surface area contributed by atoms with E-state index in [0.29, 0.717) is 20.2 Å². The highest BCUT2D eigenvalue weighted by Gasteiger charge is 2.20. The molecule has 0 aliphatic heterocycles. The van der Waals surface area contributed by atoms with Gasteiger partial charge in [0.25, 0.3) is 5.91 Å². The molecule has 0 spiro atoms. The summed E-state index contributed by atoms with van der Waals surface area (Å²) in [5.74, 6) is -2.08. The van der Waals surface area contributed by atoms with E-state index in [4.69, 9.17) is 28.9 Å². The van der Waals surface area contributed by atoms with Crippen molar-refractivity contribution in [2.75, 3.05) is 23.8 Å². The summed E-state index contributed by atoms with van der Waals surface area (Å²) < 4.78 is 14.4. The molecular formula is C16H13BrCl2FN3O2. The maximum Gasteiger partial charge on any atom is 0.253 e. The van der Waals surface area contributed by atoms with Crippen molar-refractivity contribution >= 4 is 62.3 Å². The number of likely N-dealkylation sites (N-methyl/N-ethyl adjacent to an activating group) is 1. The van der Waals surface area contributed by atoms with Gasteiger partial charge in [-0.15, -0.1) is 0 Å². The fraction of sp³-hybridized carbons (Fsp3) is 0.125. The van der Waals surface area contributed by atoms with Crippen molar-refractivity contribution in [2.45, 2.75) is 0 Å². The standard InChI is InChI=1S/C16H13BrCl2FN3O2/c1-23(13-5-8(17)4-12(20)15(13)16(21)25)7-14(24)22-9-2-3-10(18)11(19)6-9/h2-6H,7H2,1H3,(H2,21,25)(H,22,24). The maximum absolute atomic E-state index is 14.0. The molecule has 132 valence electrons. The summed E-state index contributed by atoms with van der Waals surface area (Å²) in [6.45, 7) is -0.142. The molecule has 5 nitrogen and oxygen atoms in total. The van der Waals surface area contributed by atoms with Crippen LogP contribution >= 0.6 is 39.1 Å². The minimum Gasteiger partial charge on any atom is -0.365 e. The molecule has 2 amide bonds. The van der Waals surface area contributed by atoms with E-state index in [1.165, 1.54) is 17.0 Å². The number of anilines is 2. The van der Waals surface area contributed by atoms with Gasteiger partial charge in [-0.25, -0.2) is 4.39 Å². The second kappa shape index (κ2) is 8.03. The molecule has 0 radical (unpaired) electrons. The molecule has 0 bridgehead atoms. The van der Waals surface area contributed by atoms with Crippen LogP contribution in [-0.2, 0) is 4.79 Å². The molecule has 0 saturated carbocycles. The van der Waals surface area contributed by atoms with Crippen molar-refractivity contribution in [3.05, 3.63) is 56.2 Å². The van der Waals surface area contributed by atoms with Gasteiger partial charge in [-0.2, -0.15) is 0 Å². The number of nitrogens with one attached hydrogen (secondary N) is 1. The predicted molar refractivity (Wildman–Crippen MR) is 101 cm³/mol. The van der Waals surface area contributed by atoms with Gasteiger partial charge in [0.1, 0.15) is 5.82 Å². The van der Waals surface area contributed by atoms with Crippen LogP contribution in [0.4, 0.5) is 15.8 Å². The molecule has 0 aliphatic rings. The smallest absolute Gasteiger partial charge is 0.253 e. The topological polar surface area (TPSA) is 75.4 Å². The molecule has 0 heterocycles. The quantitative estimate of drug-likeness (QED) is 0.723. The Labute approximate surface area is 162 Å². The SMILES string of the molecule is CN(CC(=O)Nc1ccc(Cl)c(Cl)c1)c1cc(Br)cc(F)c1C(N)=O. The van der Waals surface area contributed by atoms with Crippen LogP contribution in [0.2, 0.25) is 10.0 Å². The lowest BCUT2D eigenvalue weighted by molar-refractivity contribution is -0.114. The van der Waals surface area contributed by atoms with Crippen molar-refractivity contribution in [3.63, 3.8) is 0 Å². The van der Waals surface area contributed by atoms with Crippen molar-refractivity contribution < 1.29 is 14.0 Å².